The first-order valence-corrected chi connectivity index (χ1v) is 10.5. The van der Waals surface area contributed by atoms with Gasteiger partial charge in [-0.15, -0.1) is 0 Å². The Kier molecular flexibility index (Phi) is 5.87. The first-order chi connectivity index (χ1) is 14.4. The Morgan fingerprint density at radius 2 is 1.90 bits per heavy atom. The Bertz CT molecular complexity index is 1030. The van der Waals surface area contributed by atoms with Gasteiger partial charge in [0.05, 0.1) is 17.7 Å². The third-order valence-electron chi connectivity index (χ3n) is 5.55. The number of rotatable bonds is 4. The maximum absolute atomic E-state index is 13.0. The molecule has 1 N–H and O–H groups in total. The molecule has 2 aromatic carbocycles. The zero-order valence-electron chi connectivity index (χ0n) is 16.4. The number of Topliss-reactive ketones (excluding diaryl/α,β-unsaturated/α-hetero) is 1. The van der Waals surface area contributed by atoms with Crippen LogP contribution in [0.4, 0.5) is 0 Å². The van der Waals surface area contributed by atoms with Gasteiger partial charge < -0.3 is 14.7 Å². The maximum atomic E-state index is 13.0. The van der Waals surface area contributed by atoms with Crippen molar-refractivity contribution < 1.29 is 19.4 Å². The number of hydrogen-bond acceptors (Lipinski definition) is 4. The lowest BCUT2D eigenvalue weighted by atomic mass is 9.95. The molecule has 2 atom stereocenters. The average molecular weight is 446 g/mol. The van der Waals surface area contributed by atoms with Crippen LogP contribution in [0.15, 0.2) is 48.0 Å². The lowest BCUT2D eigenvalue weighted by Crippen LogP contribution is -2.36. The summed E-state index contributed by atoms with van der Waals surface area (Å²) in [6.45, 7) is 2.81. The van der Waals surface area contributed by atoms with Crippen LogP contribution in [0.25, 0.3) is 5.76 Å². The molecule has 2 aliphatic rings. The fraction of sp³-hybridized carbons (Fsp3) is 0.304. The zero-order valence-corrected chi connectivity index (χ0v) is 17.9. The molecule has 4 rings (SSSR count). The SMILES string of the molecule is Cc1ccc(C(O)=C2C(=O)C(=O)N(C[C@H]3CCCO3)[C@@H]2c2ccc(Cl)cc2Cl)cc1. The summed E-state index contributed by atoms with van der Waals surface area (Å²) in [5.41, 5.74) is 2.03. The molecule has 7 heteroatoms. The summed E-state index contributed by atoms with van der Waals surface area (Å²) in [4.78, 5) is 27.4. The van der Waals surface area contributed by atoms with E-state index >= 15 is 0 Å². The van der Waals surface area contributed by atoms with Crippen molar-refractivity contribution in [2.45, 2.75) is 31.9 Å². The van der Waals surface area contributed by atoms with Crippen molar-refractivity contribution in [3.8, 4) is 0 Å². The molecule has 0 saturated carbocycles. The molecular weight excluding hydrogens is 425 g/mol. The minimum atomic E-state index is -0.819. The van der Waals surface area contributed by atoms with Crippen LogP contribution in [-0.4, -0.2) is 41.0 Å². The van der Waals surface area contributed by atoms with Gasteiger partial charge in [-0.25, -0.2) is 0 Å². The summed E-state index contributed by atoms with van der Waals surface area (Å²) in [7, 11) is 0. The van der Waals surface area contributed by atoms with E-state index in [-0.39, 0.29) is 24.0 Å². The van der Waals surface area contributed by atoms with E-state index in [1.54, 1.807) is 30.3 Å². The number of carbonyl (C=O) groups excluding carboxylic acids is 2. The van der Waals surface area contributed by atoms with Gasteiger partial charge in [0.2, 0.25) is 0 Å². The molecule has 2 saturated heterocycles. The van der Waals surface area contributed by atoms with Crippen LogP contribution in [-0.2, 0) is 14.3 Å². The molecule has 0 bridgehead atoms. The predicted molar refractivity (Wildman–Crippen MR) is 116 cm³/mol. The largest absolute Gasteiger partial charge is 0.507 e. The minimum absolute atomic E-state index is 0.0195. The van der Waals surface area contributed by atoms with E-state index in [4.69, 9.17) is 27.9 Å². The molecule has 156 valence electrons. The Morgan fingerprint density at radius 1 is 1.17 bits per heavy atom. The lowest BCUT2D eigenvalue weighted by Gasteiger charge is -2.28. The number of ketones is 1. The number of aliphatic hydroxyl groups excluding tert-OH is 1. The average Bonchev–Trinajstić information content (AvgIpc) is 3.31. The van der Waals surface area contributed by atoms with Crippen LogP contribution in [0.2, 0.25) is 10.0 Å². The Balaban J connectivity index is 1.85. The van der Waals surface area contributed by atoms with Crippen LogP contribution in [0, 0.1) is 6.92 Å². The van der Waals surface area contributed by atoms with Crippen molar-refractivity contribution in [2.75, 3.05) is 13.2 Å². The van der Waals surface area contributed by atoms with Gasteiger partial charge in [0.1, 0.15) is 5.76 Å². The summed E-state index contributed by atoms with van der Waals surface area (Å²) >= 11 is 12.5. The molecule has 5 nitrogen and oxygen atoms in total. The van der Waals surface area contributed by atoms with Crippen molar-refractivity contribution in [1.82, 2.24) is 4.90 Å². The number of amides is 1. The molecule has 2 heterocycles. The highest BCUT2D eigenvalue weighted by molar-refractivity contribution is 6.47. The summed E-state index contributed by atoms with van der Waals surface area (Å²) in [6.07, 6.45) is 1.56. The number of hydrogen-bond donors (Lipinski definition) is 1. The van der Waals surface area contributed by atoms with Crippen molar-refractivity contribution in [3.05, 3.63) is 74.8 Å². The van der Waals surface area contributed by atoms with Gasteiger partial charge >= 0.3 is 0 Å². The summed E-state index contributed by atoms with van der Waals surface area (Å²) in [5.74, 6) is -1.63. The monoisotopic (exact) mass is 445 g/mol. The predicted octanol–water partition coefficient (Wildman–Crippen LogP) is 4.90. The molecule has 1 amide bonds. The summed E-state index contributed by atoms with van der Waals surface area (Å²) < 4.78 is 5.69. The van der Waals surface area contributed by atoms with Gasteiger partial charge in [0, 0.05) is 28.8 Å². The number of aryl methyl sites for hydroxylation is 1. The number of likely N-dealkylation sites (tertiary alicyclic amines) is 1. The Hall–Kier alpha value is -2.34. The van der Waals surface area contributed by atoms with Gasteiger partial charge in [-0.1, -0.05) is 59.1 Å². The Morgan fingerprint density at radius 3 is 2.53 bits per heavy atom. The second kappa shape index (κ2) is 8.42. The lowest BCUT2D eigenvalue weighted by molar-refractivity contribution is -0.140. The number of benzene rings is 2. The van der Waals surface area contributed by atoms with Crippen molar-refractivity contribution in [1.29, 1.82) is 0 Å². The van der Waals surface area contributed by atoms with Crippen LogP contribution in [0.1, 0.15) is 35.6 Å². The normalized spacial score (nSPS) is 23.4. The van der Waals surface area contributed by atoms with E-state index < -0.39 is 17.7 Å². The second-order valence-corrected chi connectivity index (χ2v) is 8.46. The Labute approximate surface area is 184 Å². The molecule has 0 radical (unpaired) electrons. The van der Waals surface area contributed by atoms with Crippen molar-refractivity contribution in [2.24, 2.45) is 0 Å². The van der Waals surface area contributed by atoms with E-state index in [9.17, 15) is 14.7 Å². The van der Waals surface area contributed by atoms with Gasteiger partial charge in [-0.3, -0.25) is 9.59 Å². The van der Waals surface area contributed by atoms with Crippen molar-refractivity contribution >= 4 is 40.7 Å². The molecule has 30 heavy (non-hydrogen) atoms. The van der Waals surface area contributed by atoms with Gasteiger partial charge in [-0.2, -0.15) is 0 Å². The highest BCUT2D eigenvalue weighted by Crippen LogP contribution is 2.42. The standard InChI is InChI=1S/C23H21Cl2NO4/c1-13-4-6-14(7-5-13)21(27)19-20(17-9-8-15(24)11-18(17)25)26(23(29)22(19)28)12-16-3-2-10-30-16/h4-9,11,16,20,27H,2-3,10,12H2,1H3/t16-,20-/m1/s1. The van der Waals surface area contributed by atoms with E-state index in [1.165, 1.54) is 4.90 Å². The quantitative estimate of drug-likeness (QED) is 0.412. The van der Waals surface area contributed by atoms with Crippen LogP contribution < -0.4 is 0 Å². The van der Waals surface area contributed by atoms with Crippen LogP contribution in [0.5, 0.6) is 0 Å². The van der Waals surface area contributed by atoms with Gasteiger partial charge in [-0.05, 0) is 37.5 Å². The van der Waals surface area contributed by atoms with Gasteiger partial charge in [0.25, 0.3) is 11.7 Å². The second-order valence-electron chi connectivity index (χ2n) is 7.62. The number of nitrogens with zero attached hydrogens (tertiary/aromatic N) is 1. The smallest absolute Gasteiger partial charge is 0.295 e. The molecule has 0 aliphatic carbocycles. The van der Waals surface area contributed by atoms with E-state index in [2.05, 4.69) is 0 Å². The number of halogens is 2. The van der Waals surface area contributed by atoms with Crippen molar-refractivity contribution in [3.63, 3.8) is 0 Å². The molecule has 2 fully saturated rings. The fourth-order valence-electron chi connectivity index (χ4n) is 3.99. The van der Waals surface area contributed by atoms with Crippen LogP contribution in [0.3, 0.4) is 0 Å². The van der Waals surface area contributed by atoms with Gasteiger partial charge in [0.15, 0.2) is 0 Å². The number of carbonyl (C=O) groups is 2. The summed E-state index contributed by atoms with van der Waals surface area (Å²) in [5, 5.41) is 11.8. The number of aliphatic hydroxyl groups is 1. The molecule has 0 spiro atoms. The maximum Gasteiger partial charge on any atom is 0.295 e. The topological polar surface area (TPSA) is 66.8 Å². The molecule has 0 aromatic heterocycles. The molecule has 2 aromatic rings. The summed E-state index contributed by atoms with van der Waals surface area (Å²) in [6, 6.07) is 11.2. The fourth-order valence-corrected chi connectivity index (χ4v) is 4.50. The third kappa shape index (κ3) is 3.85. The zero-order chi connectivity index (χ0) is 21.4. The first-order valence-electron chi connectivity index (χ1n) is 9.79. The van der Waals surface area contributed by atoms with E-state index in [1.807, 2.05) is 19.1 Å². The number of ether oxygens (including phenoxy) is 1. The molecular formula is C23H21Cl2NO4. The highest BCUT2D eigenvalue weighted by atomic mass is 35.5. The molecule has 0 unspecified atom stereocenters. The van der Waals surface area contributed by atoms with E-state index in [0.29, 0.717) is 27.8 Å². The highest BCUT2D eigenvalue weighted by Gasteiger charge is 2.47. The first kappa shape index (κ1) is 20.9. The van der Waals surface area contributed by atoms with E-state index in [0.717, 1.165) is 18.4 Å². The minimum Gasteiger partial charge on any atom is -0.507 e. The third-order valence-corrected chi connectivity index (χ3v) is 6.11. The van der Waals surface area contributed by atoms with Crippen LogP contribution >= 0.6 is 23.2 Å². The molecule has 2 aliphatic heterocycles.